The van der Waals surface area contributed by atoms with Gasteiger partial charge in [-0.1, -0.05) is 0 Å². The highest BCUT2D eigenvalue weighted by atomic mass is 16.5. The lowest BCUT2D eigenvalue weighted by atomic mass is 10.2. The Kier molecular flexibility index (Phi) is 6.32. The molecule has 94 valence electrons. The predicted molar refractivity (Wildman–Crippen MR) is 57.9 cm³/mol. The summed E-state index contributed by atoms with van der Waals surface area (Å²) in [6, 6.07) is 0. The molecule has 16 heavy (non-hydrogen) atoms. The zero-order valence-electron chi connectivity index (χ0n) is 9.35. The van der Waals surface area contributed by atoms with Crippen LogP contribution in [-0.2, 0) is 14.3 Å². The standard InChI is InChI=1S/C10H20N2O4/c11-10(14)5-12-4-8(13)6-15-7-9-2-1-3-16-9/h8-9,12-13H,1-7H2,(H2,11,14). The van der Waals surface area contributed by atoms with Gasteiger partial charge in [-0.3, -0.25) is 4.79 Å². The second-order valence-corrected chi connectivity index (χ2v) is 3.92. The van der Waals surface area contributed by atoms with Gasteiger partial charge in [0.1, 0.15) is 0 Å². The van der Waals surface area contributed by atoms with Gasteiger partial charge < -0.3 is 25.6 Å². The minimum atomic E-state index is -0.624. The number of carbonyl (C=O) groups is 1. The van der Waals surface area contributed by atoms with Crippen molar-refractivity contribution >= 4 is 5.91 Å². The van der Waals surface area contributed by atoms with Crippen LogP contribution in [-0.4, -0.2) is 56.1 Å². The molecule has 1 saturated heterocycles. The summed E-state index contributed by atoms with van der Waals surface area (Å²) >= 11 is 0. The maximum absolute atomic E-state index is 10.4. The van der Waals surface area contributed by atoms with Crippen LogP contribution < -0.4 is 11.1 Å². The van der Waals surface area contributed by atoms with Crippen LogP contribution in [0.5, 0.6) is 0 Å². The van der Waals surface area contributed by atoms with Crippen LogP contribution in [0, 0.1) is 0 Å². The van der Waals surface area contributed by atoms with Gasteiger partial charge in [-0.2, -0.15) is 0 Å². The lowest BCUT2D eigenvalue weighted by Crippen LogP contribution is -2.36. The number of nitrogens with two attached hydrogens (primary N) is 1. The summed E-state index contributed by atoms with van der Waals surface area (Å²) in [7, 11) is 0. The number of carbonyl (C=O) groups excluding carboxylic acids is 1. The molecule has 1 aliphatic rings. The van der Waals surface area contributed by atoms with E-state index in [0.29, 0.717) is 13.2 Å². The molecule has 0 spiro atoms. The Morgan fingerprint density at radius 3 is 3.12 bits per heavy atom. The number of rotatable bonds is 8. The maximum Gasteiger partial charge on any atom is 0.231 e. The first-order valence-electron chi connectivity index (χ1n) is 5.55. The van der Waals surface area contributed by atoms with Crippen molar-refractivity contribution in [3.8, 4) is 0 Å². The zero-order valence-corrected chi connectivity index (χ0v) is 9.35. The molecule has 0 aromatic rings. The Balaban J connectivity index is 1.92. The molecule has 0 radical (unpaired) electrons. The fourth-order valence-electron chi connectivity index (χ4n) is 1.53. The maximum atomic E-state index is 10.4. The lowest BCUT2D eigenvalue weighted by molar-refractivity contribution is -0.117. The summed E-state index contributed by atoms with van der Waals surface area (Å²) in [4.78, 5) is 10.4. The molecule has 0 aliphatic carbocycles. The molecular formula is C10H20N2O4. The molecule has 0 bridgehead atoms. The Morgan fingerprint density at radius 1 is 1.69 bits per heavy atom. The van der Waals surface area contributed by atoms with Crippen molar-refractivity contribution in [3.63, 3.8) is 0 Å². The van der Waals surface area contributed by atoms with Crippen molar-refractivity contribution in [1.82, 2.24) is 5.32 Å². The molecule has 1 amide bonds. The highest BCUT2D eigenvalue weighted by Gasteiger charge is 2.15. The monoisotopic (exact) mass is 232 g/mol. The van der Waals surface area contributed by atoms with Crippen molar-refractivity contribution in [2.45, 2.75) is 25.0 Å². The van der Waals surface area contributed by atoms with E-state index in [1.165, 1.54) is 0 Å². The molecule has 1 rings (SSSR count). The highest BCUT2D eigenvalue weighted by molar-refractivity contribution is 5.75. The number of nitrogens with one attached hydrogen (secondary N) is 1. The average Bonchev–Trinajstić information content (AvgIpc) is 2.70. The molecule has 1 fully saturated rings. The molecule has 4 N–H and O–H groups in total. The van der Waals surface area contributed by atoms with Crippen LogP contribution in [0.3, 0.4) is 0 Å². The van der Waals surface area contributed by atoms with Gasteiger partial charge in [-0.05, 0) is 12.8 Å². The normalized spacial score (nSPS) is 22.2. The van der Waals surface area contributed by atoms with E-state index in [0.717, 1.165) is 19.4 Å². The van der Waals surface area contributed by atoms with Gasteiger partial charge in [0.2, 0.25) is 5.91 Å². The van der Waals surface area contributed by atoms with Crippen LogP contribution in [0.2, 0.25) is 0 Å². The largest absolute Gasteiger partial charge is 0.389 e. The van der Waals surface area contributed by atoms with E-state index >= 15 is 0 Å². The minimum Gasteiger partial charge on any atom is -0.389 e. The second-order valence-electron chi connectivity index (χ2n) is 3.92. The Bertz CT molecular complexity index is 207. The topological polar surface area (TPSA) is 93.8 Å². The fraction of sp³-hybridized carbons (Fsp3) is 0.900. The Morgan fingerprint density at radius 2 is 2.50 bits per heavy atom. The van der Waals surface area contributed by atoms with Gasteiger partial charge in [0.15, 0.2) is 0 Å². The third-order valence-electron chi connectivity index (χ3n) is 2.32. The SMILES string of the molecule is NC(=O)CNCC(O)COCC1CCCO1. The zero-order chi connectivity index (χ0) is 11.8. The second kappa shape index (κ2) is 7.56. The Hall–Kier alpha value is -0.690. The van der Waals surface area contributed by atoms with Crippen molar-refractivity contribution < 1.29 is 19.4 Å². The van der Waals surface area contributed by atoms with E-state index in [9.17, 15) is 9.90 Å². The predicted octanol–water partition coefficient (Wildman–Crippen LogP) is -1.38. The molecule has 2 atom stereocenters. The number of amides is 1. The van der Waals surface area contributed by atoms with Crippen LogP contribution in [0.25, 0.3) is 0 Å². The van der Waals surface area contributed by atoms with Gasteiger partial charge in [0, 0.05) is 13.2 Å². The van der Waals surface area contributed by atoms with Crippen LogP contribution in [0.15, 0.2) is 0 Å². The molecule has 0 aromatic carbocycles. The van der Waals surface area contributed by atoms with E-state index in [1.54, 1.807) is 0 Å². The number of hydrogen-bond acceptors (Lipinski definition) is 5. The Labute approximate surface area is 95.1 Å². The summed E-state index contributed by atoms with van der Waals surface area (Å²) in [6.45, 7) is 1.94. The fourth-order valence-corrected chi connectivity index (χ4v) is 1.53. The lowest BCUT2D eigenvalue weighted by Gasteiger charge is -2.14. The van der Waals surface area contributed by atoms with Crippen LogP contribution in [0.1, 0.15) is 12.8 Å². The van der Waals surface area contributed by atoms with Gasteiger partial charge in [0.05, 0.1) is 32.0 Å². The summed E-state index contributed by atoms with van der Waals surface area (Å²) < 4.78 is 10.7. The number of ether oxygens (including phenoxy) is 2. The van der Waals surface area contributed by atoms with E-state index in [4.69, 9.17) is 15.2 Å². The third kappa shape index (κ3) is 6.02. The summed E-state index contributed by atoms with van der Waals surface area (Å²) in [5, 5.41) is 12.2. The average molecular weight is 232 g/mol. The summed E-state index contributed by atoms with van der Waals surface area (Å²) in [5.41, 5.74) is 4.93. The first-order valence-corrected chi connectivity index (χ1v) is 5.55. The van der Waals surface area contributed by atoms with Gasteiger partial charge in [-0.25, -0.2) is 0 Å². The van der Waals surface area contributed by atoms with E-state index in [-0.39, 0.29) is 19.3 Å². The van der Waals surface area contributed by atoms with Crippen LogP contribution in [0.4, 0.5) is 0 Å². The van der Waals surface area contributed by atoms with Crippen LogP contribution >= 0.6 is 0 Å². The molecule has 0 aromatic heterocycles. The molecule has 1 heterocycles. The number of primary amides is 1. The smallest absolute Gasteiger partial charge is 0.231 e. The van der Waals surface area contributed by atoms with E-state index < -0.39 is 12.0 Å². The van der Waals surface area contributed by atoms with Crippen molar-refractivity contribution in [1.29, 1.82) is 0 Å². The van der Waals surface area contributed by atoms with E-state index in [2.05, 4.69) is 5.32 Å². The number of aliphatic hydroxyl groups is 1. The molecule has 0 saturated carbocycles. The molecule has 1 aliphatic heterocycles. The molecule has 6 heteroatoms. The minimum absolute atomic E-state index is 0.0722. The molecule has 2 unspecified atom stereocenters. The van der Waals surface area contributed by atoms with Crippen molar-refractivity contribution in [2.24, 2.45) is 5.73 Å². The molecule has 6 nitrogen and oxygen atoms in total. The van der Waals surface area contributed by atoms with Crippen molar-refractivity contribution in [3.05, 3.63) is 0 Å². The number of hydrogen-bond donors (Lipinski definition) is 3. The third-order valence-corrected chi connectivity index (χ3v) is 2.32. The van der Waals surface area contributed by atoms with Gasteiger partial charge >= 0.3 is 0 Å². The highest BCUT2D eigenvalue weighted by Crippen LogP contribution is 2.11. The van der Waals surface area contributed by atoms with Gasteiger partial charge in [-0.15, -0.1) is 0 Å². The van der Waals surface area contributed by atoms with Crippen molar-refractivity contribution in [2.75, 3.05) is 32.9 Å². The first-order chi connectivity index (χ1) is 7.68. The van der Waals surface area contributed by atoms with E-state index in [1.807, 2.05) is 0 Å². The number of aliphatic hydroxyl groups excluding tert-OH is 1. The summed E-state index contributed by atoms with van der Waals surface area (Å²) in [6.07, 6.45) is 1.65. The summed E-state index contributed by atoms with van der Waals surface area (Å²) in [5.74, 6) is -0.438. The first kappa shape index (κ1) is 13.4. The quantitative estimate of drug-likeness (QED) is 0.479. The molecular weight excluding hydrogens is 212 g/mol. The van der Waals surface area contributed by atoms with Gasteiger partial charge in [0.25, 0.3) is 0 Å².